The van der Waals surface area contributed by atoms with Crippen molar-refractivity contribution < 1.29 is 9.59 Å². The van der Waals surface area contributed by atoms with Crippen LogP contribution in [-0.2, 0) is 16.1 Å². The first-order valence-corrected chi connectivity index (χ1v) is 6.51. The molecule has 106 valence electrons. The molecule has 2 aromatic rings. The van der Waals surface area contributed by atoms with Crippen LogP contribution in [0.4, 0.5) is 0 Å². The van der Waals surface area contributed by atoms with Gasteiger partial charge >= 0.3 is 0 Å². The van der Waals surface area contributed by atoms with Gasteiger partial charge in [0.05, 0.1) is 17.8 Å². The van der Waals surface area contributed by atoms with Gasteiger partial charge in [-0.2, -0.15) is 5.10 Å². The Morgan fingerprint density at radius 1 is 1.43 bits per heavy atom. The van der Waals surface area contributed by atoms with E-state index < -0.39 is 6.04 Å². The Morgan fingerprint density at radius 2 is 2.24 bits per heavy atom. The van der Waals surface area contributed by atoms with E-state index in [-0.39, 0.29) is 24.8 Å². The van der Waals surface area contributed by atoms with Gasteiger partial charge in [-0.3, -0.25) is 19.6 Å². The number of nitrogens with zero attached hydrogens (tertiary/aromatic N) is 5. The molecule has 0 saturated carbocycles. The highest BCUT2D eigenvalue weighted by Gasteiger charge is 2.30. The molecule has 21 heavy (non-hydrogen) atoms. The number of benzene rings is 1. The second kappa shape index (κ2) is 5.26. The SMILES string of the molecule is [N-]=[N+]=NCc1nn(C2CCC(=O)NC2=O)c2ccccc12. The predicted molar refractivity (Wildman–Crippen MR) is 74.0 cm³/mol. The number of azide groups is 1. The van der Waals surface area contributed by atoms with Crippen LogP contribution in [0.3, 0.4) is 0 Å². The van der Waals surface area contributed by atoms with Gasteiger partial charge in [0.15, 0.2) is 0 Å². The number of carbonyl (C=O) groups is 2. The van der Waals surface area contributed by atoms with Crippen molar-refractivity contribution >= 4 is 22.7 Å². The number of hydrogen-bond acceptors (Lipinski definition) is 4. The molecule has 1 unspecified atom stereocenters. The maximum Gasteiger partial charge on any atom is 0.251 e. The molecule has 1 aromatic carbocycles. The van der Waals surface area contributed by atoms with E-state index in [0.717, 1.165) is 10.9 Å². The molecular weight excluding hydrogens is 272 g/mol. The van der Waals surface area contributed by atoms with Gasteiger partial charge in [-0.1, -0.05) is 23.3 Å². The molecule has 0 aliphatic carbocycles. The van der Waals surface area contributed by atoms with Gasteiger partial charge in [-0.25, -0.2) is 0 Å². The van der Waals surface area contributed by atoms with E-state index in [0.29, 0.717) is 12.1 Å². The molecule has 8 nitrogen and oxygen atoms in total. The largest absolute Gasteiger partial charge is 0.295 e. The van der Waals surface area contributed by atoms with Gasteiger partial charge in [0.25, 0.3) is 5.91 Å². The molecular formula is C13H12N6O2. The highest BCUT2D eigenvalue weighted by molar-refractivity contribution is 6.00. The van der Waals surface area contributed by atoms with Crippen LogP contribution in [0.2, 0.25) is 0 Å². The highest BCUT2D eigenvalue weighted by Crippen LogP contribution is 2.26. The number of aromatic nitrogens is 2. The topological polar surface area (TPSA) is 113 Å². The third kappa shape index (κ3) is 2.32. The zero-order chi connectivity index (χ0) is 14.8. The second-order valence-electron chi connectivity index (χ2n) is 4.76. The highest BCUT2D eigenvalue weighted by atomic mass is 16.2. The minimum Gasteiger partial charge on any atom is -0.295 e. The Kier molecular flexibility index (Phi) is 3.29. The van der Waals surface area contributed by atoms with Crippen molar-refractivity contribution in [1.82, 2.24) is 15.1 Å². The maximum atomic E-state index is 12.0. The van der Waals surface area contributed by atoms with Crippen molar-refractivity contribution in [3.05, 3.63) is 40.4 Å². The number of piperidine rings is 1. The number of fused-ring (bicyclic) bond motifs is 1. The first kappa shape index (κ1) is 13.1. The summed E-state index contributed by atoms with van der Waals surface area (Å²) in [6.07, 6.45) is 0.702. The monoisotopic (exact) mass is 284 g/mol. The molecule has 1 fully saturated rings. The van der Waals surface area contributed by atoms with Crippen molar-refractivity contribution in [1.29, 1.82) is 0 Å². The summed E-state index contributed by atoms with van der Waals surface area (Å²) < 4.78 is 1.61. The van der Waals surface area contributed by atoms with Crippen LogP contribution in [-0.4, -0.2) is 21.6 Å². The molecule has 3 rings (SSSR count). The van der Waals surface area contributed by atoms with E-state index in [9.17, 15) is 9.59 Å². The van der Waals surface area contributed by atoms with E-state index in [1.807, 2.05) is 24.3 Å². The van der Waals surface area contributed by atoms with E-state index in [2.05, 4.69) is 20.4 Å². The Bertz CT molecular complexity index is 774. The fraction of sp³-hybridized carbons (Fsp3) is 0.308. The molecule has 0 bridgehead atoms. The molecule has 0 spiro atoms. The van der Waals surface area contributed by atoms with Gasteiger partial charge in [-0.15, -0.1) is 0 Å². The van der Waals surface area contributed by atoms with Crippen molar-refractivity contribution in [3.8, 4) is 0 Å². The van der Waals surface area contributed by atoms with Crippen molar-refractivity contribution in [2.24, 2.45) is 5.11 Å². The van der Waals surface area contributed by atoms with Gasteiger partial charge in [-0.05, 0) is 18.0 Å². The third-order valence-electron chi connectivity index (χ3n) is 3.48. The maximum absolute atomic E-state index is 12.0. The quantitative estimate of drug-likeness (QED) is 0.401. The lowest BCUT2D eigenvalue weighted by molar-refractivity contribution is -0.135. The summed E-state index contributed by atoms with van der Waals surface area (Å²) in [6, 6.07) is 6.91. The summed E-state index contributed by atoms with van der Waals surface area (Å²) in [5, 5.41) is 11.1. The molecule has 1 aromatic heterocycles. The van der Waals surface area contributed by atoms with E-state index in [1.54, 1.807) is 4.68 Å². The molecule has 1 saturated heterocycles. The number of para-hydroxylation sites is 1. The molecule has 8 heteroatoms. The number of imide groups is 1. The minimum absolute atomic E-state index is 0.122. The summed E-state index contributed by atoms with van der Waals surface area (Å²) in [4.78, 5) is 26.0. The lowest BCUT2D eigenvalue weighted by Crippen LogP contribution is -2.42. The zero-order valence-corrected chi connectivity index (χ0v) is 11.1. The Hall–Kier alpha value is -2.86. The first-order valence-electron chi connectivity index (χ1n) is 6.51. The van der Waals surface area contributed by atoms with Gasteiger partial charge < -0.3 is 0 Å². The fourth-order valence-electron chi connectivity index (χ4n) is 2.52. The standard InChI is InChI=1S/C13H12N6O2/c14-18-15-7-9-8-3-1-2-4-10(8)19(17-9)11-5-6-12(20)16-13(11)21/h1-4,11H,5-7H2,(H,16,20,21). The van der Waals surface area contributed by atoms with Crippen LogP contribution in [0.5, 0.6) is 0 Å². The number of carbonyl (C=O) groups excluding carboxylic acids is 2. The van der Waals surface area contributed by atoms with Gasteiger partial charge in [0.2, 0.25) is 5.91 Å². The molecule has 1 N–H and O–H groups in total. The van der Waals surface area contributed by atoms with Crippen LogP contribution in [0.1, 0.15) is 24.6 Å². The second-order valence-corrected chi connectivity index (χ2v) is 4.76. The fourth-order valence-corrected chi connectivity index (χ4v) is 2.52. The van der Waals surface area contributed by atoms with Crippen LogP contribution >= 0.6 is 0 Å². The predicted octanol–water partition coefficient (Wildman–Crippen LogP) is 1.82. The Labute approximate surface area is 119 Å². The van der Waals surface area contributed by atoms with E-state index >= 15 is 0 Å². The molecule has 1 aliphatic heterocycles. The molecule has 0 radical (unpaired) electrons. The summed E-state index contributed by atoms with van der Waals surface area (Å²) in [6.45, 7) is 0.122. The number of hydrogen-bond donors (Lipinski definition) is 1. The van der Waals surface area contributed by atoms with Crippen LogP contribution in [0, 0.1) is 0 Å². The number of rotatable bonds is 3. The van der Waals surface area contributed by atoms with Crippen LogP contribution in [0.25, 0.3) is 21.3 Å². The smallest absolute Gasteiger partial charge is 0.251 e. The average Bonchev–Trinajstić information content (AvgIpc) is 2.84. The van der Waals surface area contributed by atoms with Crippen molar-refractivity contribution in [3.63, 3.8) is 0 Å². The molecule has 2 heterocycles. The Balaban J connectivity index is 2.08. The lowest BCUT2D eigenvalue weighted by Gasteiger charge is -2.21. The van der Waals surface area contributed by atoms with E-state index in [4.69, 9.17) is 5.53 Å². The zero-order valence-electron chi connectivity index (χ0n) is 11.1. The van der Waals surface area contributed by atoms with Gasteiger partial charge in [0, 0.05) is 16.7 Å². The Morgan fingerprint density at radius 3 is 3.00 bits per heavy atom. The molecule has 1 aliphatic rings. The summed E-state index contributed by atoms with van der Waals surface area (Å²) in [5.41, 5.74) is 9.85. The number of nitrogens with one attached hydrogen (secondary N) is 1. The van der Waals surface area contributed by atoms with E-state index in [1.165, 1.54) is 0 Å². The molecule has 2 amide bonds. The minimum atomic E-state index is -0.521. The van der Waals surface area contributed by atoms with Gasteiger partial charge in [0.1, 0.15) is 6.04 Å². The normalized spacial score (nSPS) is 18.4. The summed E-state index contributed by atoms with van der Waals surface area (Å²) in [5.74, 6) is -0.614. The summed E-state index contributed by atoms with van der Waals surface area (Å²) in [7, 11) is 0. The number of amides is 2. The lowest BCUT2D eigenvalue weighted by atomic mass is 10.1. The molecule has 1 atom stereocenters. The van der Waals surface area contributed by atoms with Crippen molar-refractivity contribution in [2.75, 3.05) is 0 Å². The third-order valence-corrected chi connectivity index (χ3v) is 3.48. The van der Waals surface area contributed by atoms with Crippen LogP contribution in [0.15, 0.2) is 29.4 Å². The van der Waals surface area contributed by atoms with Crippen molar-refractivity contribution in [2.45, 2.75) is 25.4 Å². The van der Waals surface area contributed by atoms with Crippen LogP contribution < -0.4 is 5.32 Å². The first-order chi connectivity index (χ1) is 10.2. The average molecular weight is 284 g/mol. The summed E-state index contributed by atoms with van der Waals surface area (Å²) >= 11 is 0.